The van der Waals surface area contributed by atoms with Crippen LogP contribution in [0.2, 0.25) is 15.1 Å². The summed E-state index contributed by atoms with van der Waals surface area (Å²) in [5.41, 5.74) is 1.51. The van der Waals surface area contributed by atoms with Gasteiger partial charge in [0.15, 0.2) is 0 Å². The molecule has 1 amide bonds. The fourth-order valence-electron chi connectivity index (χ4n) is 2.74. The first-order valence-corrected chi connectivity index (χ1v) is 9.50. The topological polar surface area (TPSA) is 20.3 Å². The van der Waals surface area contributed by atoms with Crippen LogP contribution in [-0.2, 0) is 11.3 Å². The smallest absolute Gasteiger partial charge is 0.234 e. The van der Waals surface area contributed by atoms with Crippen LogP contribution in [0.15, 0.2) is 65.7 Å². The number of carbonyl (C=O) groups is 1. The van der Waals surface area contributed by atoms with Crippen LogP contribution in [-0.4, -0.2) is 5.91 Å². The summed E-state index contributed by atoms with van der Waals surface area (Å²) in [4.78, 5) is 14.9. The van der Waals surface area contributed by atoms with Gasteiger partial charge < -0.3 is 4.90 Å². The van der Waals surface area contributed by atoms with Crippen molar-refractivity contribution in [2.75, 3.05) is 4.90 Å². The van der Waals surface area contributed by atoms with Gasteiger partial charge in [0.2, 0.25) is 5.91 Å². The minimum Gasteiger partial charge on any atom is -0.307 e. The fraction of sp³-hybridized carbons (Fsp3) is 0.150. The number of anilines is 1. The molecule has 3 rings (SSSR count). The number of nitrogens with zero attached hydrogens (tertiary/aromatic N) is 1. The van der Waals surface area contributed by atoms with E-state index in [4.69, 9.17) is 46.4 Å². The molecule has 0 radical (unpaired) electrons. The van der Waals surface area contributed by atoms with E-state index in [2.05, 4.69) is 0 Å². The maximum absolute atomic E-state index is 13.2. The predicted octanol–water partition coefficient (Wildman–Crippen LogP) is 6.88. The van der Waals surface area contributed by atoms with Crippen LogP contribution in [0.25, 0.3) is 0 Å². The van der Waals surface area contributed by atoms with Crippen LogP contribution in [0.4, 0.5) is 5.69 Å². The van der Waals surface area contributed by atoms with Gasteiger partial charge in [-0.3, -0.25) is 4.79 Å². The van der Waals surface area contributed by atoms with E-state index < -0.39 is 0 Å². The molecule has 2 aromatic rings. The van der Waals surface area contributed by atoms with E-state index in [1.165, 1.54) is 0 Å². The molecule has 0 fully saturated rings. The maximum atomic E-state index is 13.2. The van der Waals surface area contributed by atoms with Gasteiger partial charge in [-0.15, -0.1) is 0 Å². The number of carbonyl (C=O) groups excluding carboxylic acids is 1. The van der Waals surface area contributed by atoms with Gasteiger partial charge >= 0.3 is 0 Å². The summed E-state index contributed by atoms with van der Waals surface area (Å²) < 4.78 is 0. The largest absolute Gasteiger partial charge is 0.307 e. The van der Waals surface area contributed by atoms with E-state index >= 15 is 0 Å². The highest BCUT2D eigenvalue weighted by Gasteiger charge is 2.25. The Morgan fingerprint density at radius 3 is 2.46 bits per heavy atom. The van der Waals surface area contributed by atoms with Crippen LogP contribution < -0.4 is 4.90 Å². The molecule has 1 unspecified atom stereocenters. The first kappa shape index (κ1) is 19.3. The molecular formula is C20H15Cl4NO. The van der Waals surface area contributed by atoms with Gasteiger partial charge in [-0.25, -0.2) is 0 Å². The van der Waals surface area contributed by atoms with Gasteiger partial charge in [0.25, 0.3) is 0 Å². The third kappa shape index (κ3) is 4.63. The Labute approximate surface area is 172 Å². The zero-order valence-corrected chi connectivity index (χ0v) is 16.7. The summed E-state index contributed by atoms with van der Waals surface area (Å²) in [5.74, 6) is -0.336. The molecule has 1 aliphatic rings. The van der Waals surface area contributed by atoms with Crippen molar-refractivity contribution in [3.8, 4) is 0 Å². The lowest BCUT2D eigenvalue weighted by molar-refractivity contribution is -0.121. The highest BCUT2D eigenvalue weighted by Crippen LogP contribution is 2.29. The Bertz CT molecular complexity index is 891. The second-order valence-corrected chi connectivity index (χ2v) is 7.65. The lowest BCUT2D eigenvalue weighted by Crippen LogP contribution is -2.35. The van der Waals surface area contributed by atoms with Crippen molar-refractivity contribution in [3.05, 3.63) is 86.4 Å². The highest BCUT2D eigenvalue weighted by atomic mass is 35.5. The Morgan fingerprint density at radius 2 is 1.81 bits per heavy atom. The van der Waals surface area contributed by atoms with Crippen LogP contribution in [0.3, 0.4) is 0 Å². The lowest BCUT2D eigenvalue weighted by Gasteiger charge is -2.27. The first-order chi connectivity index (χ1) is 12.4. The van der Waals surface area contributed by atoms with Crippen molar-refractivity contribution < 1.29 is 4.79 Å². The van der Waals surface area contributed by atoms with Crippen LogP contribution in [0.5, 0.6) is 0 Å². The van der Waals surface area contributed by atoms with Crippen LogP contribution in [0.1, 0.15) is 12.0 Å². The summed E-state index contributed by atoms with van der Waals surface area (Å²) in [6, 6.07) is 12.4. The highest BCUT2D eigenvalue weighted by molar-refractivity contribution is 6.35. The molecule has 26 heavy (non-hydrogen) atoms. The van der Waals surface area contributed by atoms with Crippen molar-refractivity contribution in [1.29, 1.82) is 0 Å². The number of hydrogen-bond donors (Lipinski definition) is 0. The van der Waals surface area contributed by atoms with E-state index in [0.29, 0.717) is 38.8 Å². The molecule has 0 aromatic heterocycles. The molecule has 2 nitrogen and oxygen atoms in total. The standard InChI is InChI=1S/C20H15Cl4NO/c21-15-7-4-13(5-8-15)20(26)25(18-3-1-2-16(22)10-18)12-14-6-9-17(23)11-19(14)24/h1-4,6-11,13H,5,12H2. The third-order valence-corrected chi connectivity index (χ3v) is 5.20. The zero-order valence-electron chi connectivity index (χ0n) is 13.6. The quantitative estimate of drug-likeness (QED) is 0.521. The molecule has 0 spiro atoms. The van der Waals surface area contributed by atoms with Gasteiger partial charge in [-0.1, -0.05) is 70.7 Å². The average molecular weight is 427 g/mol. The maximum Gasteiger partial charge on any atom is 0.234 e. The van der Waals surface area contributed by atoms with E-state index in [1.54, 1.807) is 35.2 Å². The Balaban J connectivity index is 1.94. The first-order valence-electron chi connectivity index (χ1n) is 7.99. The van der Waals surface area contributed by atoms with Crippen molar-refractivity contribution >= 4 is 58.0 Å². The number of rotatable bonds is 4. The van der Waals surface area contributed by atoms with Crippen LogP contribution >= 0.6 is 46.4 Å². The van der Waals surface area contributed by atoms with E-state index in [-0.39, 0.29) is 11.8 Å². The van der Waals surface area contributed by atoms with Gasteiger partial charge in [0.1, 0.15) is 0 Å². The monoisotopic (exact) mass is 425 g/mol. The minimum atomic E-state index is -0.289. The second kappa shape index (κ2) is 8.49. The normalized spacial score (nSPS) is 16.3. The molecule has 0 N–H and O–H groups in total. The summed E-state index contributed by atoms with van der Waals surface area (Å²) in [6.45, 7) is 0.316. The van der Waals surface area contributed by atoms with Crippen molar-refractivity contribution in [3.63, 3.8) is 0 Å². The van der Waals surface area contributed by atoms with Crippen molar-refractivity contribution in [2.24, 2.45) is 5.92 Å². The van der Waals surface area contributed by atoms with E-state index in [9.17, 15) is 4.79 Å². The Hall–Kier alpha value is -1.45. The minimum absolute atomic E-state index is 0.0463. The summed E-state index contributed by atoms with van der Waals surface area (Å²) >= 11 is 24.4. The molecule has 134 valence electrons. The molecular weight excluding hydrogens is 412 g/mol. The Morgan fingerprint density at radius 1 is 1.04 bits per heavy atom. The number of halogens is 4. The molecule has 6 heteroatoms. The molecule has 1 atom stereocenters. The van der Waals surface area contributed by atoms with Gasteiger partial charge in [0, 0.05) is 25.8 Å². The summed E-state index contributed by atoms with van der Waals surface area (Å²) in [5, 5.41) is 2.27. The number of allylic oxidation sites excluding steroid dienone is 3. The number of amides is 1. The van der Waals surface area contributed by atoms with Crippen molar-refractivity contribution in [2.45, 2.75) is 13.0 Å². The lowest BCUT2D eigenvalue weighted by atomic mass is 9.98. The van der Waals surface area contributed by atoms with Crippen molar-refractivity contribution in [1.82, 2.24) is 0 Å². The van der Waals surface area contributed by atoms with E-state index in [0.717, 1.165) is 5.56 Å². The summed E-state index contributed by atoms with van der Waals surface area (Å²) in [7, 11) is 0. The van der Waals surface area contributed by atoms with Gasteiger partial charge in [-0.2, -0.15) is 0 Å². The molecule has 0 heterocycles. The molecule has 2 aromatic carbocycles. The van der Waals surface area contributed by atoms with Gasteiger partial charge in [-0.05, 0) is 48.4 Å². The number of benzene rings is 2. The SMILES string of the molecule is O=C(C1C=CC(Cl)=CC1)N(Cc1ccc(Cl)cc1Cl)c1cccc(Cl)c1. The molecule has 0 bridgehead atoms. The second-order valence-electron chi connectivity index (χ2n) is 5.93. The molecule has 1 aliphatic carbocycles. The van der Waals surface area contributed by atoms with Gasteiger partial charge in [0.05, 0.1) is 12.5 Å². The van der Waals surface area contributed by atoms with Crippen LogP contribution in [0, 0.1) is 5.92 Å². The number of hydrogen-bond acceptors (Lipinski definition) is 1. The fourth-order valence-corrected chi connectivity index (χ4v) is 3.55. The van der Waals surface area contributed by atoms with E-state index in [1.807, 2.05) is 30.4 Å². The average Bonchev–Trinajstić information content (AvgIpc) is 2.61. The summed E-state index contributed by atoms with van der Waals surface area (Å²) in [6.07, 6.45) is 5.97. The molecule has 0 saturated heterocycles. The zero-order chi connectivity index (χ0) is 18.7. The predicted molar refractivity (Wildman–Crippen MR) is 110 cm³/mol. The third-order valence-electron chi connectivity index (χ3n) is 4.10. The Kier molecular flexibility index (Phi) is 6.31. The molecule has 0 aliphatic heterocycles. The molecule has 0 saturated carbocycles.